The molecule has 0 rings (SSSR count). The molecule has 0 spiro atoms. The van der Waals surface area contributed by atoms with Gasteiger partial charge in [0.25, 0.3) is 0 Å². The van der Waals surface area contributed by atoms with E-state index < -0.39 is 5.97 Å². The summed E-state index contributed by atoms with van der Waals surface area (Å²) < 4.78 is 0. The molecule has 0 heterocycles. The fourth-order valence-electron chi connectivity index (χ4n) is 0.347. The third kappa shape index (κ3) is 3.53. The van der Waals surface area contributed by atoms with Crippen LogP contribution in [-0.4, -0.2) is 11.1 Å². The van der Waals surface area contributed by atoms with Crippen molar-refractivity contribution in [2.45, 2.75) is 13.3 Å². The Labute approximate surface area is 54.5 Å². The van der Waals surface area contributed by atoms with Gasteiger partial charge in [0, 0.05) is 5.57 Å². The lowest BCUT2D eigenvalue weighted by molar-refractivity contribution is -0.132. The van der Waals surface area contributed by atoms with E-state index in [9.17, 15) is 4.79 Å². The Bertz CT molecular complexity index is 145. The van der Waals surface area contributed by atoms with Crippen LogP contribution in [0, 0.1) is 0 Å². The highest BCUT2D eigenvalue weighted by atomic mass is 16.4. The Morgan fingerprint density at radius 3 is 2.67 bits per heavy atom. The van der Waals surface area contributed by atoms with E-state index in [0.29, 0.717) is 12.0 Å². The van der Waals surface area contributed by atoms with Gasteiger partial charge in [-0.05, 0) is 13.3 Å². The largest absolute Gasteiger partial charge is 0.478 e. The topological polar surface area (TPSA) is 37.3 Å². The van der Waals surface area contributed by atoms with Crippen LogP contribution in [0.2, 0.25) is 0 Å². The summed E-state index contributed by atoms with van der Waals surface area (Å²) in [6.45, 7) is 5.02. The van der Waals surface area contributed by atoms with Crippen molar-refractivity contribution >= 4 is 5.97 Å². The second kappa shape index (κ2) is 3.89. The molecule has 0 aromatic heterocycles. The molecule has 0 saturated heterocycles. The summed E-state index contributed by atoms with van der Waals surface area (Å²) in [4.78, 5) is 10.1. The van der Waals surface area contributed by atoms with Crippen molar-refractivity contribution < 1.29 is 9.90 Å². The van der Waals surface area contributed by atoms with E-state index in [2.05, 4.69) is 6.58 Å². The zero-order valence-electron chi connectivity index (χ0n) is 5.42. The number of carboxylic acids is 1. The Morgan fingerprint density at radius 2 is 2.33 bits per heavy atom. The first-order valence-corrected chi connectivity index (χ1v) is 2.69. The lowest BCUT2D eigenvalue weighted by atomic mass is 10.2. The molecular formula is C7H10O2. The fourth-order valence-corrected chi connectivity index (χ4v) is 0.347. The average molecular weight is 126 g/mol. The van der Waals surface area contributed by atoms with Crippen LogP contribution in [0.3, 0.4) is 0 Å². The van der Waals surface area contributed by atoms with Crippen LogP contribution in [-0.2, 0) is 4.79 Å². The summed E-state index contributed by atoms with van der Waals surface area (Å²) in [5.41, 5.74) is 0.370. The van der Waals surface area contributed by atoms with Crippen LogP contribution < -0.4 is 0 Å². The van der Waals surface area contributed by atoms with Gasteiger partial charge in [0.2, 0.25) is 0 Å². The van der Waals surface area contributed by atoms with Crippen molar-refractivity contribution in [3.63, 3.8) is 0 Å². The minimum Gasteiger partial charge on any atom is -0.478 e. The zero-order chi connectivity index (χ0) is 7.28. The van der Waals surface area contributed by atoms with Gasteiger partial charge >= 0.3 is 5.97 Å². The monoisotopic (exact) mass is 126 g/mol. The van der Waals surface area contributed by atoms with E-state index in [1.54, 1.807) is 19.1 Å². The third-order valence-electron chi connectivity index (χ3n) is 0.928. The Kier molecular flexibility index (Phi) is 3.44. The number of carboxylic acid groups (broad SMARTS) is 1. The molecule has 0 aliphatic rings. The molecule has 0 atom stereocenters. The van der Waals surface area contributed by atoms with E-state index in [0.717, 1.165) is 0 Å². The maximum absolute atomic E-state index is 10.1. The van der Waals surface area contributed by atoms with Gasteiger partial charge in [0.15, 0.2) is 0 Å². The molecule has 0 aliphatic heterocycles. The molecule has 0 aromatic carbocycles. The van der Waals surface area contributed by atoms with Crippen LogP contribution in [0.1, 0.15) is 13.3 Å². The van der Waals surface area contributed by atoms with E-state index in [4.69, 9.17) is 5.11 Å². The van der Waals surface area contributed by atoms with Crippen LogP contribution in [0.25, 0.3) is 0 Å². The molecule has 0 saturated carbocycles. The van der Waals surface area contributed by atoms with Crippen LogP contribution in [0.5, 0.6) is 0 Å². The van der Waals surface area contributed by atoms with Gasteiger partial charge in [0.05, 0.1) is 0 Å². The van der Waals surface area contributed by atoms with E-state index in [1.807, 2.05) is 0 Å². The minimum atomic E-state index is -0.864. The van der Waals surface area contributed by atoms with Gasteiger partial charge in [-0.15, -0.1) is 6.58 Å². The first-order valence-electron chi connectivity index (χ1n) is 2.69. The summed E-state index contributed by atoms with van der Waals surface area (Å²) in [6, 6.07) is 0. The van der Waals surface area contributed by atoms with Gasteiger partial charge in [0.1, 0.15) is 0 Å². The van der Waals surface area contributed by atoms with Crippen LogP contribution in [0.4, 0.5) is 0 Å². The predicted molar refractivity (Wildman–Crippen MR) is 36.2 cm³/mol. The fraction of sp³-hybridized carbons (Fsp3) is 0.286. The summed E-state index contributed by atoms with van der Waals surface area (Å²) in [5, 5.41) is 8.31. The van der Waals surface area contributed by atoms with Crippen molar-refractivity contribution in [1.29, 1.82) is 0 Å². The first-order chi connectivity index (χ1) is 4.18. The smallest absolute Gasteiger partial charge is 0.330 e. The molecule has 0 fully saturated rings. The van der Waals surface area contributed by atoms with Crippen LogP contribution >= 0.6 is 0 Å². The molecule has 9 heavy (non-hydrogen) atoms. The third-order valence-corrected chi connectivity index (χ3v) is 0.928. The molecular weight excluding hydrogens is 116 g/mol. The molecule has 0 aromatic rings. The molecule has 2 nitrogen and oxygen atoms in total. The summed E-state index contributed by atoms with van der Waals surface area (Å²) in [5.74, 6) is -0.864. The van der Waals surface area contributed by atoms with Crippen molar-refractivity contribution in [3.8, 4) is 0 Å². The number of allylic oxidation sites excluding steroid dienone is 2. The molecule has 0 radical (unpaired) electrons. The highest BCUT2D eigenvalue weighted by molar-refractivity contribution is 5.85. The number of aliphatic carboxylic acids is 1. The Balaban J connectivity index is 3.83. The SMILES string of the molecule is C=CCC=C(C)C(=O)O. The van der Waals surface area contributed by atoms with Crippen molar-refractivity contribution in [2.75, 3.05) is 0 Å². The molecule has 0 amide bonds. The molecule has 0 unspecified atom stereocenters. The molecule has 0 bridgehead atoms. The van der Waals surface area contributed by atoms with Crippen molar-refractivity contribution in [3.05, 3.63) is 24.3 Å². The first kappa shape index (κ1) is 7.95. The number of carbonyl (C=O) groups is 1. The summed E-state index contributed by atoms with van der Waals surface area (Å²) in [7, 11) is 0. The maximum Gasteiger partial charge on any atom is 0.330 e. The molecule has 1 N–H and O–H groups in total. The van der Waals surface area contributed by atoms with Crippen LogP contribution in [0.15, 0.2) is 24.3 Å². The number of rotatable bonds is 3. The van der Waals surface area contributed by atoms with Crippen molar-refractivity contribution in [2.24, 2.45) is 0 Å². The second-order valence-corrected chi connectivity index (χ2v) is 1.72. The molecule has 0 aliphatic carbocycles. The minimum absolute atomic E-state index is 0.370. The lowest BCUT2D eigenvalue weighted by Crippen LogP contribution is -1.94. The zero-order valence-corrected chi connectivity index (χ0v) is 5.42. The van der Waals surface area contributed by atoms with Crippen molar-refractivity contribution in [1.82, 2.24) is 0 Å². The van der Waals surface area contributed by atoms with E-state index in [1.165, 1.54) is 0 Å². The molecule has 2 heteroatoms. The standard InChI is InChI=1S/C7H10O2/c1-3-4-5-6(2)7(8)9/h3,5H,1,4H2,2H3,(H,8,9). The van der Waals surface area contributed by atoms with Gasteiger partial charge in [-0.2, -0.15) is 0 Å². The van der Waals surface area contributed by atoms with Gasteiger partial charge in [-0.1, -0.05) is 12.2 Å². The van der Waals surface area contributed by atoms with Gasteiger partial charge in [-0.3, -0.25) is 0 Å². The summed E-state index contributed by atoms with van der Waals surface area (Å²) >= 11 is 0. The maximum atomic E-state index is 10.1. The van der Waals surface area contributed by atoms with Gasteiger partial charge < -0.3 is 5.11 Å². The van der Waals surface area contributed by atoms with E-state index in [-0.39, 0.29) is 0 Å². The van der Waals surface area contributed by atoms with E-state index >= 15 is 0 Å². The number of hydrogen-bond donors (Lipinski definition) is 1. The molecule has 50 valence electrons. The lowest BCUT2D eigenvalue weighted by Gasteiger charge is -1.87. The second-order valence-electron chi connectivity index (χ2n) is 1.72. The Morgan fingerprint density at radius 1 is 1.78 bits per heavy atom. The van der Waals surface area contributed by atoms with Gasteiger partial charge in [-0.25, -0.2) is 4.79 Å². The normalized spacial score (nSPS) is 11.0. The average Bonchev–Trinajstić information content (AvgIpc) is 1.82. The predicted octanol–water partition coefficient (Wildman–Crippen LogP) is 1.59. The Hall–Kier alpha value is -1.05. The number of hydrogen-bond acceptors (Lipinski definition) is 1. The summed E-state index contributed by atoms with van der Waals surface area (Å²) in [6.07, 6.45) is 3.90. The quantitative estimate of drug-likeness (QED) is 0.460. The highest BCUT2D eigenvalue weighted by Crippen LogP contribution is 1.94. The highest BCUT2D eigenvalue weighted by Gasteiger charge is 1.95.